The van der Waals surface area contributed by atoms with E-state index in [4.69, 9.17) is 0 Å². The zero-order valence-electron chi connectivity index (χ0n) is 10.2. The minimum Gasteiger partial charge on any atom is -0.303 e. The Bertz CT molecular complexity index is 149. The monoisotopic (exact) mass is 210 g/mol. The number of hydrogen-bond donors (Lipinski definition) is 0. The number of aldehydes is 1. The molecular formula is C14H26O. The lowest BCUT2D eigenvalue weighted by atomic mass is 10.1. The molecular weight excluding hydrogens is 184 g/mol. The standard InChI is InChI=1S/C14H26O/c1-2-3-4-5-6-7-8-9-10-11-12-13-14-15/h7-8,14H,2-6,9-13H2,1H3. The van der Waals surface area contributed by atoms with E-state index >= 15 is 0 Å². The third kappa shape index (κ3) is 13.4. The molecule has 0 unspecified atom stereocenters. The molecule has 0 aromatic carbocycles. The van der Waals surface area contributed by atoms with Gasteiger partial charge in [0.25, 0.3) is 0 Å². The van der Waals surface area contributed by atoms with Gasteiger partial charge in [0.1, 0.15) is 6.29 Å². The van der Waals surface area contributed by atoms with E-state index in [2.05, 4.69) is 19.1 Å². The van der Waals surface area contributed by atoms with Gasteiger partial charge in [-0.25, -0.2) is 0 Å². The molecule has 0 aliphatic heterocycles. The van der Waals surface area contributed by atoms with Gasteiger partial charge < -0.3 is 4.79 Å². The van der Waals surface area contributed by atoms with Crippen molar-refractivity contribution >= 4 is 6.29 Å². The molecule has 0 radical (unpaired) electrons. The summed E-state index contributed by atoms with van der Waals surface area (Å²) in [7, 11) is 0. The first kappa shape index (κ1) is 14.4. The largest absolute Gasteiger partial charge is 0.303 e. The molecule has 0 N–H and O–H groups in total. The highest BCUT2D eigenvalue weighted by molar-refractivity contribution is 5.48. The Labute approximate surface area is 95.0 Å². The maximum absolute atomic E-state index is 10.1. The maximum atomic E-state index is 10.1. The second-order valence-electron chi connectivity index (χ2n) is 4.13. The van der Waals surface area contributed by atoms with E-state index in [0.717, 1.165) is 19.1 Å². The first-order valence-electron chi connectivity index (χ1n) is 6.50. The summed E-state index contributed by atoms with van der Waals surface area (Å²) in [4.78, 5) is 10.1. The predicted octanol–water partition coefficient (Wildman–Crippen LogP) is 4.66. The van der Waals surface area contributed by atoms with Crippen LogP contribution in [0, 0.1) is 0 Å². The van der Waals surface area contributed by atoms with Crippen LogP contribution < -0.4 is 0 Å². The van der Waals surface area contributed by atoms with Crippen LogP contribution in [0.1, 0.15) is 71.1 Å². The first-order valence-corrected chi connectivity index (χ1v) is 6.50. The smallest absolute Gasteiger partial charge is 0.119 e. The number of carbonyl (C=O) groups excluding carboxylic acids is 1. The minimum atomic E-state index is 0.737. The number of unbranched alkanes of at least 4 members (excludes halogenated alkanes) is 8. The van der Waals surface area contributed by atoms with Crippen LogP contribution in [0.15, 0.2) is 12.2 Å². The number of carbonyl (C=O) groups is 1. The van der Waals surface area contributed by atoms with Crippen molar-refractivity contribution in [2.75, 3.05) is 0 Å². The van der Waals surface area contributed by atoms with Crippen molar-refractivity contribution in [3.05, 3.63) is 12.2 Å². The zero-order valence-corrected chi connectivity index (χ0v) is 10.2. The predicted molar refractivity (Wildman–Crippen MR) is 67.0 cm³/mol. The van der Waals surface area contributed by atoms with Crippen LogP contribution in [0.25, 0.3) is 0 Å². The fourth-order valence-electron chi connectivity index (χ4n) is 1.59. The molecule has 0 spiro atoms. The third-order valence-electron chi connectivity index (χ3n) is 2.58. The molecule has 0 atom stereocenters. The van der Waals surface area contributed by atoms with Crippen molar-refractivity contribution < 1.29 is 4.79 Å². The van der Waals surface area contributed by atoms with Gasteiger partial charge in [0.2, 0.25) is 0 Å². The molecule has 0 rings (SSSR count). The summed E-state index contributed by atoms with van der Waals surface area (Å²) in [5.74, 6) is 0. The van der Waals surface area contributed by atoms with Gasteiger partial charge in [0.15, 0.2) is 0 Å². The SMILES string of the molecule is CCCCCCC=CCCCCCC=O. The Kier molecular flexibility index (Phi) is 12.9. The van der Waals surface area contributed by atoms with Crippen molar-refractivity contribution in [2.24, 2.45) is 0 Å². The fourth-order valence-corrected chi connectivity index (χ4v) is 1.59. The van der Waals surface area contributed by atoms with Crippen LogP contribution >= 0.6 is 0 Å². The summed E-state index contributed by atoms with van der Waals surface area (Å²) in [5.41, 5.74) is 0. The van der Waals surface area contributed by atoms with Gasteiger partial charge in [0.05, 0.1) is 0 Å². The average molecular weight is 210 g/mol. The normalized spacial score (nSPS) is 11.0. The van der Waals surface area contributed by atoms with E-state index in [1.165, 1.54) is 51.4 Å². The summed E-state index contributed by atoms with van der Waals surface area (Å²) in [6, 6.07) is 0. The second kappa shape index (κ2) is 13.4. The lowest BCUT2D eigenvalue weighted by Gasteiger charge is -1.95. The van der Waals surface area contributed by atoms with Gasteiger partial charge >= 0.3 is 0 Å². The average Bonchev–Trinajstić information content (AvgIpc) is 2.26. The van der Waals surface area contributed by atoms with Crippen LogP contribution in [-0.2, 0) is 4.79 Å². The van der Waals surface area contributed by atoms with E-state index in [1.807, 2.05) is 0 Å². The van der Waals surface area contributed by atoms with E-state index in [0.29, 0.717) is 0 Å². The molecule has 0 fully saturated rings. The van der Waals surface area contributed by atoms with Gasteiger partial charge in [-0.3, -0.25) is 0 Å². The van der Waals surface area contributed by atoms with E-state index in [-0.39, 0.29) is 0 Å². The van der Waals surface area contributed by atoms with E-state index < -0.39 is 0 Å². The lowest BCUT2D eigenvalue weighted by molar-refractivity contribution is -0.107. The summed E-state index contributed by atoms with van der Waals surface area (Å²) >= 11 is 0. The first-order chi connectivity index (χ1) is 7.41. The van der Waals surface area contributed by atoms with Gasteiger partial charge in [-0.15, -0.1) is 0 Å². The Morgan fingerprint density at radius 1 is 0.733 bits per heavy atom. The molecule has 0 saturated heterocycles. The topological polar surface area (TPSA) is 17.1 Å². The lowest BCUT2D eigenvalue weighted by Crippen LogP contribution is -1.78. The van der Waals surface area contributed by atoms with Crippen LogP contribution in [0.4, 0.5) is 0 Å². The Hall–Kier alpha value is -0.590. The second-order valence-corrected chi connectivity index (χ2v) is 4.13. The van der Waals surface area contributed by atoms with Crippen molar-refractivity contribution in [2.45, 2.75) is 71.1 Å². The molecule has 0 saturated carbocycles. The molecule has 0 heterocycles. The zero-order chi connectivity index (χ0) is 11.2. The Morgan fingerprint density at radius 3 is 1.80 bits per heavy atom. The fraction of sp³-hybridized carbons (Fsp3) is 0.786. The van der Waals surface area contributed by atoms with Gasteiger partial charge in [-0.2, -0.15) is 0 Å². The Balaban J connectivity index is 3.00. The maximum Gasteiger partial charge on any atom is 0.119 e. The van der Waals surface area contributed by atoms with E-state index in [9.17, 15) is 4.79 Å². The molecule has 0 bridgehead atoms. The summed E-state index contributed by atoms with van der Waals surface area (Å²) in [6.07, 6.45) is 17.7. The highest BCUT2D eigenvalue weighted by atomic mass is 16.1. The minimum absolute atomic E-state index is 0.737. The van der Waals surface area contributed by atoms with Gasteiger partial charge in [-0.1, -0.05) is 44.8 Å². The molecule has 88 valence electrons. The molecule has 0 aromatic rings. The highest BCUT2D eigenvalue weighted by Gasteiger charge is 1.87. The molecule has 0 aromatic heterocycles. The molecule has 0 aliphatic rings. The summed E-state index contributed by atoms with van der Waals surface area (Å²) in [5, 5.41) is 0. The van der Waals surface area contributed by atoms with Crippen molar-refractivity contribution in [1.82, 2.24) is 0 Å². The van der Waals surface area contributed by atoms with Crippen molar-refractivity contribution in [1.29, 1.82) is 0 Å². The van der Waals surface area contributed by atoms with Gasteiger partial charge in [-0.05, 0) is 32.1 Å². The van der Waals surface area contributed by atoms with Crippen molar-refractivity contribution in [3.63, 3.8) is 0 Å². The van der Waals surface area contributed by atoms with Crippen LogP contribution in [0.2, 0.25) is 0 Å². The molecule has 0 aliphatic carbocycles. The number of allylic oxidation sites excluding steroid dienone is 2. The van der Waals surface area contributed by atoms with Crippen LogP contribution in [0.5, 0.6) is 0 Å². The van der Waals surface area contributed by atoms with E-state index in [1.54, 1.807) is 0 Å². The van der Waals surface area contributed by atoms with Gasteiger partial charge in [0, 0.05) is 6.42 Å². The van der Waals surface area contributed by atoms with Crippen molar-refractivity contribution in [3.8, 4) is 0 Å². The quantitative estimate of drug-likeness (QED) is 0.275. The summed E-state index contributed by atoms with van der Waals surface area (Å²) in [6.45, 7) is 2.25. The summed E-state index contributed by atoms with van der Waals surface area (Å²) < 4.78 is 0. The number of hydrogen-bond acceptors (Lipinski definition) is 1. The van der Waals surface area contributed by atoms with Crippen LogP contribution in [0.3, 0.4) is 0 Å². The highest BCUT2D eigenvalue weighted by Crippen LogP contribution is 2.05. The Morgan fingerprint density at radius 2 is 1.27 bits per heavy atom. The molecule has 1 heteroatoms. The van der Waals surface area contributed by atoms with Crippen LogP contribution in [-0.4, -0.2) is 6.29 Å². The number of rotatable bonds is 11. The molecule has 15 heavy (non-hydrogen) atoms. The molecule has 0 amide bonds. The third-order valence-corrected chi connectivity index (χ3v) is 2.58. The molecule has 1 nitrogen and oxygen atoms in total.